The van der Waals surface area contributed by atoms with Crippen LogP contribution in [0.1, 0.15) is 36.8 Å². The van der Waals surface area contributed by atoms with Gasteiger partial charge >= 0.3 is 6.18 Å². The van der Waals surface area contributed by atoms with Crippen molar-refractivity contribution in [2.45, 2.75) is 55.8 Å². The predicted molar refractivity (Wildman–Crippen MR) is 82.1 cm³/mol. The lowest BCUT2D eigenvalue weighted by Gasteiger charge is -2.42. The monoisotopic (exact) mass is 363 g/mol. The highest BCUT2D eigenvalue weighted by Crippen LogP contribution is 2.36. The van der Waals surface area contributed by atoms with Crippen LogP contribution in [0.15, 0.2) is 23.1 Å². The minimum absolute atomic E-state index is 0.0129. The number of hydrogen-bond donors (Lipinski definition) is 0. The van der Waals surface area contributed by atoms with E-state index in [-0.39, 0.29) is 35.8 Å². The normalized spacial score (nSPS) is 26.2. The largest absolute Gasteiger partial charge is 0.416 e. The van der Waals surface area contributed by atoms with E-state index in [1.54, 1.807) is 0 Å². The molecule has 2 unspecified atom stereocenters. The van der Waals surface area contributed by atoms with Crippen molar-refractivity contribution < 1.29 is 26.3 Å². The van der Waals surface area contributed by atoms with E-state index in [1.807, 2.05) is 0 Å². The van der Waals surface area contributed by atoms with Gasteiger partial charge in [-0.3, -0.25) is 0 Å². The van der Waals surface area contributed by atoms with Gasteiger partial charge in [0.15, 0.2) is 0 Å². The highest BCUT2D eigenvalue weighted by molar-refractivity contribution is 7.89. The number of ether oxygens (including phenoxy) is 1. The first-order valence-corrected chi connectivity index (χ1v) is 9.46. The number of nitrogens with zero attached hydrogens (tertiary/aromatic N) is 1. The van der Waals surface area contributed by atoms with Gasteiger partial charge in [0, 0.05) is 6.54 Å². The van der Waals surface area contributed by atoms with E-state index in [0.29, 0.717) is 6.42 Å². The summed E-state index contributed by atoms with van der Waals surface area (Å²) >= 11 is 0. The third kappa shape index (κ3) is 3.19. The highest BCUT2D eigenvalue weighted by Gasteiger charge is 2.42. The third-order valence-electron chi connectivity index (χ3n) is 4.80. The molecule has 0 bridgehead atoms. The summed E-state index contributed by atoms with van der Waals surface area (Å²) in [5, 5.41) is 0. The van der Waals surface area contributed by atoms with E-state index in [0.717, 1.165) is 25.3 Å². The molecule has 8 heteroatoms. The average Bonchev–Trinajstić information content (AvgIpc) is 2.53. The van der Waals surface area contributed by atoms with Gasteiger partial charge in [0.25, 0.3) is 0 Å². The topological polar surface area (TPSA) is 46.6 Å². The fraction of sp³-hybridized carbons (Fsp3) is 0.625. The standard InChI is InChI=1S/C16H20F3NO3S/c1-11-6-7-12(10-13(11)16(17,18)19)24(21,22)20-8-9-23-15-5-3-2-4-14(15)20/h6-7,10,14-15H,2-5,8-9H2,1H3. The van der Waals surface area contributed by atoms with Crippen molar-refractivity contribution in [2.24, 2.45) is 0 Å². The smallest absolute Gasteiger partial charge is 0.375 e. The summed E-state index contributed by atoms with van der Waals surface area (Å²) in [6.45, 7) is 1.78. The Labute approximate surface area is 139 Å². The summed E-state index contributed by atoms with van der Waals surface area (Å²) < 4.78 is 72.2. The zero-order valence-corrected chi connectivity index (χ0v) is 14.2. The van der Waals surface area contributed by atoms with E-state index >= 15 is 0 Å². The Morgan fingerprint density at radius 3 is 2.62 bits per heavy atom. The first-order valence-electron chi connectivity index (χ1n) is 8.02. The first kappa shape index (κ1) is 17.7. The van der Waals surface area contributed by atoms with Crippen molar-refractivity contribution in [3.05, 3.63) is 29.3 Å². The summed E-state index contributed by atoms with van der Waals surface area (Å²) in [4.78, 5) is -0.299. The number of sulfonamides is 1. The van der Waals surface area contributed by atoms with Crippen molar-refractivity contribution >= 4 is 10.0 Å². The SMILES string of the molecule is Cc1ccc(S(=O)(=O)N2CCOC3CCCCC32)cc1C(F)(F)F. The maximum Gasteiger partial charge on any atom is 0.416 e. The molecule has 2 fully saturated rings. The molecule has 1 aliphatic carbocycles. The summed E-state index contributed by atoms with van der Waals surface area (Å²) in [5.41, 5.74) is -0.893. The molecule has 3 rings (SSSR count). The van der Waals surface area contributed by atoms with Gasteiger partial charge in [0.1, 0.15) is 0 Å². The van der Waals surface area contributed by atoms with Crippen LogP contribution in [0.5, 0.6) is 0 Å². The Kier molecular flexibility index (Phi) is 4.65. The van der Waals surface area contributed by atoms with Gasteiger partial charge in [-0.1, -0.05) is 18.9 Å². The summed E-state index contributed by atoms with van der Waals surface area (Å²) in [6.07, 6.45) is -1.38. The van der Waals surface area contributed by atoms with Gasteiger partial charge in [-0.25, -0.2) is 8.42 Å². The van der Waals surface area contributed by atoms with E-state index in [4.69, 9.17) is 4.74 Å². The Hall–Kier alpha value is -1.12. The van der Waals surface area contributed by atoms with Crippen molar-refractivity contribution in [1.82, 2.24) is 4.31 Å². The number of hydrogen-bond acceptors (Lipinski definition) is 3. The molecule has 0 spiro atoms. The molecule has 1 saturated carbocycles. The van der Waals surface area contributed by atoms with Crippen LogP contribution in [-0.2, 0) is 20.9 Å². The van der Waals surface area contributed by atoms with E-state index < -0.39 is 21.8 Å². The number of fused-ring (bicyclic) bond motifs is 1. The number of morpholine rings is 1. The second kappa shape index (κ2) is 6.31. The van der Waals surface area contributed by atoms with Crippen LogP contribution < -0.4 is 0 Å². The Bertz CT molecular complexity index is 716. The summed E-state index contributed by atoms with van der Waals surface area (Å²) in [6, 6.07) is 2.94. The van der Waals surface area contributed by atoms with Gasteiger partial charge in [-0.2, -0.15) is 17.5 Å². The van der Waals surface area contributed by atoms with Crippen LogP contribution in [0.4, 0.5) is 13.2 Å². The molecule has 0 amide bonds. The number of rotatable bonds is 2. The summed E-state index contributed by atoms with van der Waals surface area (Å²) in [7, 11) is -3.98. The van der Waals surface area contributed by atoms with Gasteiger partial charge in [-0.15, -0.1) is 0 Å². The number of aryl methyl sites for hydroxylation is 1. The molecule has 0 aromatic heterocycles. The van der Waals surface area contributed by atoms with Crippen LogP contribution in [0.25, 0.3) is 0 Å². The van der Waals surface area contributed by atoms with Crippen molar-refractivity contribution in [2.75, 3.05) is 13.2 Å². The molecular formula is C16H20F3NO3S. The molecule has 2 atom stereocenters. The lowest BCUT2D eigenvalue weighted by Crippen LogP contribution is -2.54. The molecule has 1 aromatic rings. The number of alkyl halides is 3. The molecule has 1 aliphatic heterocycles. The summed E-state index contributed by atoms with van der Waals surface area (Å²) in [5.74, 6) is 0. The van der Waals surface area contributed by atoms with Crippen LogP contribution in [-0.4, -0.2) is 38.0 Å². The van der Waals surface area contributed by atoms with E-state index in [1.165, 1.54) is 23.4 Å². The third-order valence-corrected chi connectivity index (χ3v) is 6.72. The van der Waals surface area contributed by atoms with Gasteiger partial charge in [0.05, 0.1) is 29.2 Å². The minimum Gasteiger partial charge on any atom is -0.375 e. The molecule has 4 nitrogen and oxygen atoms in total. The fourth-order valence-electron chi connectivity index (χ4n) is 3.56. The molecular weight excluding hydrogens is 343 g/mol. The second-order valence-corrected chi connectivity index (χ2v) is 8.24. The van der Waals surface area contributed by atoms with Gasteiger partial charge in [-0.05, 0) is 37.5 Å². The molecule has 1 saturated heterocycles. The number of benzene rings is 1. The Morgan fingerprint density at radius 1 is 1.21 bits per heavy atom. The Balaban J connectivity index is 1.98. The van der Waals surface area contributed by atoms with Crippen LogP contribution in [0.3, 0.4) is 0 Å². The molecule has 24 heavy (non-hydrogen) atoms. The lowest BCUT2D eigenvalue weighted by atomic mass is 9.91. The maximum absolute atomic E-state index is 13.1. The Morgan fingerprint density at radius 2 is 1.92 bits per heavy atom. The zero-order valence-electron chi connectivity index (χ0n) is 13.3. The molecule has 1 heterocycles. The molecule has 0 N–H and O–H groups in total. The maximum atomic E-state index is 13.1. The quantitative estimate of drug-likeness (QED) is 0.810. The predicted octanol–water partition coefficient (Wildman–Crippen LogP) is 3.35. The molecule has 134 valence electrons. The van der Waals surface area contributed by atoms with Gasteiger partial charge in [0.2, 0.25) is 10.0 Å². The lowest BCUT2D eigenvalue weighted by molar-refractivity contribution is -0.138. The zero-order chi connectivity index (χ0) is 17.5. The van der Waals surface area contributed by atoms with Crippen LogP contribution in [0, 0.1) is 6.92 Å². The van der Waals surface area contributed by atoms with Crippen molar-refractivity contribution in [3.8, 4) is 0 Å². The molecule has 1 aromatic carbocycles. The van der Waals surface area contributed by atoms with Crippen LogP contribution >= 0.6 is 0 Å². The molecule has 2 aliphatic rings. The molecule has 0 radical (unpaired) electrons. The second-order valence-electron chi connectivity index (χ2n) is 6.35. The number of halogens is 3. The van der Waals surface area contributed by atoms with Gasteiger partial charge < -0.3 is 4.74 Å². The van der Waals surface area contributed by atoms with Crippen molar-refractivity contribution in [1.29, 1.82) is 0 Å². The highest BCUT2D eigenvalue weighted by atomic mass is 32.2. The minimum atomic E-state index is -4.58. The van der Waals surface area contributed by atoms with E-state index in [2.05, 4.69) is 0 Å². The first-order chi connectivity index (χ1) is 11.2. The van der Waals surface area contributed by atoms with Crippen LogP contribution in [0.2, 0.25) is 0 Å². The van der Waals surface area contributed by atoms with Crippen molar-refractivity contribution in [3.63, 3.8) is 0 Å². The van der Waals surface area contributed by atoms with E-state index in [9.17, 15) is 21.6 Å². The fourth-order valence-corrected chi connectivity index (χ4v) is 5.25. The average molecular weight is 363 g/mol.